The highest BCUT2D eigenvalue weighted by molar-refractivity contribution is 5.69. The van der Waals surface area contributed by atoms with Gasteiger partial charge in [0.2, 0.25) is 0 Å². The lowest BCUT2D eigenvalue weighted by Crippen LogP contribution is -2.23. The van der Waals surface area contributed by atoms with Crippen molar-refractivity contribution in [3.8, 4) is 0 Å². The van der Waals surface area contributed by atoms with E-state index >= 15 is 0 Å². The molecule has 0 saturated heterocycles. The summed E-state index contributed by atoms with van der Waals surface area (Å²) in [5, 5.41) is 3.31. The molecular weight excluding hydrogens is 206 g/mol. The van der Waals surface area contributed by atoms with Crippen LogP contribution in [-0.2, 0) is 16.6 Å². The van der Waals surface area contributed by atoms with Gasteiger partial charge in [-0.05, 0) is 19.9 Å². The topological polar surface area (TPSA) is 56.1 Å². The molecule has 1 aromatic rings. The van der Waals surface area contributed by atoms with Gasteiger partial charge in [-0.25, -0.2) is 4.98 Å². The summed E-state index contributed by atoms with van der Waals surface area (Å²) in [7, 11) is 3.38. The van der Waals surface area contributed by atoms with Crippen LogP contribution in [0.5, 0.6) is 0 Å². The van der Waals surface area contributed by atoms with Gasteiger partial charge in [0.05, 0.1) is 13.2 Å². The third-order valence-corrected chi connectivity index (χ3v) is 2.48. The Bertz CT molecular complexity index is 336. The molecule has 0 bridgehead atoms. The number of esters is 1. The van der Waals surface area contributed by atoms with Crippen molar-refractivity contribution in [2.75, 3.05) is 13.7 Å². The van der Waals surface area contributed by atoms with E-state index in [2.05, 4.69) is 22.0 Å². The summed E-state index contributed by atoms with van der Waals surface area (Å²) < 4.78 is 6.55. The van der Waals surface area contributed by atoms with Gasteiger partial charge in [-0.2, -0.15) is 0 Å². The van der Waals surface area contributed by atoms with Crippen LogP contribution in [0.4, 0.5) is 0 Å². The molecule has 0 aliphatic heterocycles. The molecule has 1 rings (SSSR count). The van der Waals surface area contributed by atoms with Gasteiger partial charge >= 0.3 is 5.97 Å². The van der Waals surface area contributed by atoms with Gasteiger partial charge in [0.1, 0.15) is 5.82 Å². The average molecular weight is 225 g/mol. The van der Waals surface area contributed by atoms with E-state index in [9.17, 15) is 4.79 Å². The van der Waals surface area contributed by atoms with Crippen molar-refractivity contribution in [1.29, 1.82) is 0 Å². The van der Waals surface area contributed by atoms with Crippen molar-refractivity contribution >= 4 is 5.97 Å². The Kier molecular flexibility index (Phi) is 4.98. The van der Waals surface area contributed by atoms with Gasteiger partial charge in [-0.15, -0.1) is 0 Å². The molecular formula is C11H19N3O2. The highest BCUT2D eigenvalue weighted by Gasteiger charge is 2.09. The first-order valence-corrected chi connectivity index (χ1v) is 5.42. The molecule has 1 aromatic heterocycles. The number of aromatic nitrogens is 2. The Morgan fingerprint density at radius 2 is 2.44 bits per heavy atom. The lowest BCUT2D eigenvalue weighted by atomic mass is 10.2. The summed E-state index contributed by atoms with van der Waals surface area (Å²) in [4.78, 5) is 15.1. The first kappa shape index (κ1) is 12.7. The number of hydrogen-bond acceptors (Lipinski definition) is 4. The van der Waals surface area contributed by atoms with Gasteiger partial charge in [0.25, 0.3) is 0 Å². The van der Waals surface area contributed by atoms with Crippen LogP contribution < -0.4 is 5.32 Å². The molecule has 1 atom stereocenters. The summed E-state index contributed by atoms with van der Waals surface area (Å²) in [5.74, 6) is 0.838. The molecule has 0 spiro atoms. The molecule has 0 aliphatic carbocycles. The minimum Gasteiger partial charge on any atom is -0.469 e. The van der Waals surface area contributed by atoms with E-state index in [1.165, 1.54) is 7.11 Å². The molecule has 90 valence electrons. The SMILES string of the molecule is COC(=O)CCCNC(C)c1nccn1C. The van der Waals surface area contributed by atoms with Gasteiger partial charge in [0.15, 0.2) is 0 Å². The summed E-state index contributed by atoms with van der Waals surface area (Å²) in [6.07, 6.45) is 4.93. The van der Waals surface area contributed by atoms with Crippen LogP contribution in [-0.4, -0.2) is 29.2 Å². The lowest BCUT2D eigenvalue weighted by molar-refractivity contribution is -0.140. The van der Waals surface area contributed by atoms with Crippen molar-refractivity contribution in [2.45, 2.75) is 25.8 Å². The molecule has 1 N–H and O–H groups in total. The van der Waals surface area contributed by atoms with Crippen LogP contribution in [0.3, 0.4) is 0 Å². The Hall–Kier alpha value is -1.36. The van der Waals surface area contributed by atoms with Gasteiger partial charge in [0, 0.05) is 25.9 Å². The minimum atomic E-state index is -0.161. The standard InChI is InChI=1S/C11H19N3O2/c1-9(11-13-7-8-14(11)2)12-6-4-5-10(15)16-3/h7-9,12H,4-6H2,1-3H3. The molecule has 1 heterocycles. The third-order valence-electron chi connectivity index (χ3n) is 2.48. The second-order valence-corrected chi connectivity index (χ2v) is 3.75. The number of nitrogens with one attached hydrogen (secondary N) is 1. The lowest BCUT2D eigenvalue weighted by Gasteiger charge is -2.13. The van der Waals surface area contributed by atoms with E-state index < -0.39 is 0 Å². The molecule has 5 nitrogen and oxygen atoms in total. The Labute approximate surface area is 95.8 Å². The van der Waals surface area contributed by atoms with Gasteiger partial charge in [-0.1, -0.05) is 0 Å². The number of aryl methyl sites for hydroxylation is 1. The normalized spacial score (nSPS) is 12.4. The number of imidazole rings is 1. The van der Waals surface area contributed by atoms with Crippen LogP contribution in [0.1, 0.15) is 31.6 Å². The van der Waals surface area contributed by atoms with E-state index in [0.717, 1.165) is 18.8 Å². The molecule has 0 amide bonds. The summed E-state index contributed by atoms with van der Waals surface area (Å²) in [6, 6.07) is 0.192. The zero-order valence-corrected chi connectivity index (χ0v) is 10.1. The first-order valence-electron chi connectivity index (χ1n) is 5.42. The van der Waals surface area contributed by atoms with Gasteiger partial charge < -0.3 is 14.6 Å². The summed E-state index contributed by atoms with van der Waals surface area (Å²) >= 11 is 0. The maximum absolute atomic E-state index is 10.9. The molecule has 0 radical (unpaired) electrons. The maximum atomic E-state index is 10.9. The smallest absolute Gasteiger partial charge is 0.305 e. The van der Waals surface area contributed by atoms with E-state index in [1.54, 1.807) is 6.20 Å². The Balaban J connectivity index is 2.23. The predicted octanol–water partition coefficient (Wildman–Crippen LogP) is 1.02. The van der Waals surface area contributed by atoms with Crippen molar-refractivity contribution in [3.05, 3.63) is 18.2 Å². The molecule has 0 saturated carbocycles. The molecule has 0 aliphatic rings. The van der Waals surface area contributed by atoms with Crippen LogP contribution in [0.15, 0.2) is 12.4 Å². The summed E-state index contributed by atoms with van der Waals surface area (Å²) in [6.45, 7) is 2.84. The fraction of sp³-hybridized carbons (Fsp3) is 0.636. The zero-order chi connectivity index (χ0) is 12.0. The number of hydrogen-bond donors (Lipinski definition) is 1. The second-order valence-electron chi connectivity index (χ2n) is 3.75. The molecule has 0 aromatic carbocycles. The molecule has 1 unspecified atom stereocenters. The highest BCUT2D eigenvalue weighted by Crippen LogP contribution is 2.08. The van der Waals surface area contributed by atoms with Crippen LogP contribution in [0.25, 0.3) is 0 Å². The molecule has 5 heteroatoms. The Morgan fingerprint density at radius 3 is 3.00 bits per heavy atom. The number of methoxy groups -OCH3 is 1. The third kappa shape index (κ3) is 3.66. The van der Waals surface area contributed by atoms with Crippen molar-refractivity contribution in [3.63, 3.8) is 0 Å². The highest BCUT2D eigenvalue weighted by atomic mass is 16.5. The Morgan fingerprint density at radius 1 is 1.69 bits per heavy atom. The van der Waals surface area contributed by atoms with Crippen LogP contribution in [0, 0.1) is 0 Å². The van der Waals surface area contributed by atoms with Crippen LogP contribution in [0.2, 0.25) is 0 Å². The minimum absolute atomic E-state index is 0.161. The fourth-order valence-corrected chi connectivity index (χ4v) is 1.54. The zero-order valence-electron chi connectivity index (χ0n) is 10.1. The fourth-order valence-electron chi connectivity index (χ4n) is 1.54. The number of nitrogens with zero attached hydrogens (tertiary/aromatic N) is 2. The number of carbonyl (C=O) groups is 1. The van der Waals surface area contributed by atoms with Gasteiger partial charge in [-0.3, -0.25) is 4.79 Å². The van der Waals surface area contributed by atoms with E-state index in [1.807, 2.05) is 17.8 Å². The maximum Gasteiger partial charge on any atom is 0.305 e. The van der Waals surface area contributed by atoms with E-state index in [4.69, 9.17) is 0 Å². The second kappa shape index (κ2) is 6.27. The van der Waals surface area contributed by atoms with Crippen molar-refractivity contribution < 1.29 is 9.53 Å². The number of carbonyl (C=O) groups excluding carboxylic acids is 1. The van der Waals surface area contributed by atoms with Crippen molar-refractivity contribution in [1.82, 2.24) is 14.9 Å². The molecule has 16 heavy (non-hydrogen) atoms. The quantitative estimate of drug-likeness (QED) is 0.580. The first-order chi connectivity index (χ1) is 7.65. The number of rotatable bonds is 6. The predicted molar refractivity (Wildman–Crippen MR) is 60.9 cm³/mol. The summed E-state index contributed by atoms with van der Waals surface area (Å²) in [5.41, 5.74) is 0. The average Bonchev–Trinajstić information content (AvgIpc) is 2.70. The van der Waals surface area contributed by atoms with Crippen molar-refractivity contribution in [2.24, 2.45) is 7.05 Å². The molecule has 0 fully saturated rings. The van der Waals surface area contributed by atoms with Crippen LogP contribution >= 0.6 is 0 Å². The number of ether oxygens (including phenoxy) is 1. The van der Waals surface area contributed by atoms with E-state index in [0.29, 0.717) is 6.42 Å². The largest absolute Gasteiger partial charge is 0.469 e. The van der Waals surface area contributed by atoms with E-state index in [-0.39, 0.29) is 12.0 Å². The monoisotopic (exact) mass is 225 g/mol.